The third kappa shape index (κ3) is 2.80. The average molecular weight is 166 g/mol. The molecule has 0 amide bonds. The highest BCUT2D eigenvalue weighted by Gasteiger charge is 2.12. The first-order valence-corrected chi connectivity index (χ1v) is 4.92. The highest BCUT2D eigenvalue weighted by molar-refractivity contribution is 5.95. The van der Waals surface area contributed by atoms with E-state index in [1.165, 1.54) is 12.8 Å². The van der Waals surface area contributed by atoms with Crippen LogP contribution in [0.3, 0.4) is 0 Å². The van der Waals surface area contributed by atoms with E-state index in [4.69, 9.17) is 0 Å². The van der Waals surface area contributed by atoms with Gasteiger partial charge in [-0.1, -0.05) is 19.9 Å². The van der Waals surface area contributed by atoms with E-state index in [0.29, 0.717) is 11.7 Å². The van der Waals surface area contributed by atoms with Crippen molar-refractivity contribution >= 4 is 5.78 Å². The lowest BCUT2D eigenvalue weighted by Gasteiger charge is -2.12. The number of allylic oxidation sites excluding steroid dienone is 2. The quantitative estimate of drug-likeness (QED) is 0.629. The number of hydrogen-bond acceptors (Lipinski definition) is 1. The first kappa shape index (κ1) is 9.50. The van der Waals surface area contributed by atoms with E-state index in [1.807, 2.05) is 0 Å². The Balaban J connectivity index is 2.45. The molecule has 0 saturated heterocycles. The summed E-state index contributed by atoms with van der Waals surface area (Å²) in [5, 5.41) is 0. The van der Waals surface area contributed by atoms with Gasteiger partial charge in [0.2, 0.25) is 0 Å². The maximum atomic E-state index is 11.5. The van der Waals surface area contributed by atoms with Crippen molar-refractivity contribution in [1.29, 1.82) is 0 Å². The van der Waals surface area contributed by atoms with Crippen LogP contribution in [-0.4, -0.2) is 5.78 Å². The van der Waals surface area contributed by atoms with Gasteiger partial charge in [-0.05, 0) is 37.2 Å². The van der Waals surface area contributed by atoms with Crippen molar-refractivity contribution in [3.05, 3.63) is 11.6 Å². The van der Waals surface area contributed by atoms with E-state index in [0.717, 1.165) is 24.8 Å². The van der Waals surface area contributed by atoms with Crippen molar-refractivity contribution in [3.63, 3.8) is 0 Å². The number of ketones is 1. The minimum atomic E-state index is 0.379. The van der Waals surface area contributed by atoms with Gasteiger partial charge in [0, 0.05) is 6.42 Å². The van der Waals surface area contributed by atoms with Crippen molar-refractivity contribution in [2.75, 3.05) is 0 Å². The van der Waals surface area contributed by atoms with Crippen molar-refractivity contribution < 1.29 is 4.79 Å². The van der Waals surface area contributed by atoms with Gasteiger partial charge in [0.1, 0.15) is 0 Å². The summed E-state index contributed by atoms with van der Waals surface area (Å²) in [5.41, 5.74) is 1.09. The van der Waals surface area contributed by atoms with Crippen LogP contribution in [0.4, 0.5) is 0 Å². The lowest BCUT2D eigenvalue weighted by atomic mass is 9.92. The van der Waals surface area contributed by atoms with Crippen molar-refractivity contribution in [3.8, 4) is 0 Å². The average Bonchev–Trinajstić information content (AvgIpc) is 2.05. The third-order valence-corrected chi connectivity index (χ3v) is 2.24. The molecule has 0 aromatic heterocycles. The van der Waals surface area contributed by atoms with Gasteiger partial charge in [0.15, 0.2) is 5.78 Å². The second kappa shape index (κ2) is 4.44. The zero-order chi connectivity index (χ0) is 8.97. The molecule has 0 bridgehead atoms. The Morgan fingerprint density at radius 3 is 2.75 bits per heavy atom. The summed E-state index contributed by atoms with van der Waals surface area (Å²) < 4.78 is 0. The molecule has 0 radical (unpaired) electrons. The minimum absolute atomic E-state index is 0.379. The Kier molecular flexibility index (Phi) is 3.51. The van der Waals surface area contributed by atoms with Gasteiger partial charge in [-0.25, -0.2) is 0 Å². The first-order valence-electron chi connectivity index (χ1n) is 4.92. The van der Waals surface area contributed by atoms with Crippen LogP contribution in [0, 0.1) is 5.92 Å². The maximum Gasteiger partial charge on any atom is 0.158 e. The summed E-state index contributed by atoms with van der Waals surface area (Å²) >= 11 is 0. The Hall–Kier alpha value is -0.590. The molecule has 0 spiro atoms. The Morgan fingerprint density at radius 1 is 1.50 bits per heavy atom. The fourth-order valence-electron chi connectivity index (χ4n) is 1.59. The Morgan fingerprint density at radius 2 is 2.25 bits per heavy atom. The van der Waals surface area contributed by atoms with Crippen molar-refractivity contribution in [1.82, 2.24) is 0 Å². The number of rotatable bonds is 3. The molecule has 12 heavy (non-hydrogen) atoms. The number of carbonyl (C=O) groups is 1. The van der Waals surface area contributed by atoms with E-state index < -0.39 is 0 Å². The zero-order valence-corrected chi connectivity index (χ0v) is 8.10. The van der Waals surface area contributed by atoms with Gasteiger partial charge >= 0.3 is 0 Å². The smallest absolute Gasteiger partial charge is 0.158 e. The van der Waals surface area contributed by atoms with Crippen LogP contribution in [-0.2, 0) is 4.79 Å². The van der Waals surface area contributed by atoms with Crippen LogP contribution in [0.2, 0.25) is 0 Å². The fourth-order valence-corrected chi connectivity index (χ4v) is 1.59. The van der Waals surface area contributed by atoms with E-state index in [2.05, 4.69) is 19.9 Å². The maximum absolute atomic E-state index is 11.5. The number of carbonyl (C=O) groups excluding carboxylic acids is 1. The van der Waals surface area contributed by atoms with Gasteiger partial charge in [-0.2, -0.15) is 0 Å². The lowest BCUT2D eigenvalue weighted by Crippen LogP contribution is -2.08. The molecule has 1 nitrogen and oxygen atoms in total. The number of Topliss-reactive ketones (excluding diaryl/α,β-unsaturated/α-hetero) is 1. The largest absolute Gasteiger partial charge is 0.295 e. The predicted molar refractivity (Wildman–Crippen MR) is 51.0 cm³/mol. The topological polar surface area (TPSA) is 17.1 Å². The normalized spacial score (nSPS) is 17.8. The summed E-state index contributed by atoms with van der Waals surface area (Å²) in [6, 6.07) is 0. The molecule has 0 atom stereocenters. The molecule has 0 aromatic rings. The molecular formula is C11H18O. The van der Waals surface area contributed by atoms with Gasteiger partial charge in [0.05, 0.1) is 0 Å². The van der Waals surface area contributed by atoms with Crippen molar-refractivity contribution in [2.24, 2.45) is 5.92 Å². The molecule has 1 rings (SSSR count). The molecular weight excluding hydrogens is 148 g/mol. The summed E-state index contributed by atoms with van der Waals surface area (Å²) in [5.74, 6) is 0.880. The van der Waals surface area contributed by atoms with Crippen LogP contribution >= 0.6 is 0 Å². The molecule has 0 unspecified atom stereocenters. The standard InChI is InChI=1S/C11H18O/c1-9(2)8-11(12)10-6-4-3-5-7-10/h6,9H,3-5,7-8H2,1-2H3. The molecule has 68 valence electrons. The molecule has 0 N–H and O–H groups in total. The Bertz CT molecular complexity index is 189. The van der Waals surface area contributed by atoms with Gasteiger partial charge in [-0.15, -0.1) is 0 Å². The molecule has 0 saturated carbocycles. The monoisotopic (exact) mass is 166 g/mol. The van der Waals surface area contributed by atoms with Crippen LogP contribution in [0.5, 0.6) is 0 Å². The van der Waals surface area contributed by atoms with E-state index in [-0.39, 0.29) is 0 Å². The third-order valence-electron chi connectivity index (χ3n) is 2.24. The number of hydrogen-bond donors (Lipinski definition) is 0. The van der Waals surface area contributed by atoms with Crippen LogP contribution < -0.4 is 0 Å². The molecule has 0 aromatic carbocycles. The summed E-state index contributed by atoms with van der Waals surface area (Å²) in [6.45, 7) is 4.20. The second-order valence-corrected chi connectivity index (χ2v) is 4.00. The van der Waals surface area contributed by atoms with Crippen molar-refractivity contribution in [2.45, 2.75) is 46.0 Å². The highest BCUT2D eigenvalue weighted by atomic mass is 16.1. The van der Waals surface area contributed by atoms with Gasteiger partial charge < -0.3 is 0 Å². The van der Waals surface area contributed by atoms with E-state index in [9.17, 15) is 4.79 Å². The molecule has 1 heteroatoms. The van der Waals surface area contributed by atoms with Crippen LogP contribution in [0.15, 0.2) is 11.6 Å². The molecule has 0 fully saturated rings. The SMILES string of the molecule is CC(C)CC(=O)C1=CCCCC1. The summed E-state index contributed by atoms with van der Waals surface area (Å²) in [4.78, 5) is 11.5. The molecule has 1 aliphatic carbocycles. The highest BCUT2D eigenvalue weighted by Crippen LogP contribution is 2.20. The molecule has 0 heterocycles. The summed E-state index contributed by atoms with van der Waals surface area (Å²) in [7, 11) is 0. The van der Waals surface area contributed by atoms with E-state index in [1.54, 1.807) is 0 Å². The fraction of sp³-hybridized carbons (Fsp3) is 0.727. The minimum Gasteiger partial charge on any atom is -0.295 e. The summed E-state index contributed by atoms with van der Waals surface area (Å²) in [6.07, 6.45) is 7.46. The molecule has 1 aliphatic rings. The lowest BCUT2D eigenvalue weighted by molar-refractivity contribution is -0.116. The van der Waals surface area contributed by atoms with Crippen LogP contribution in [0.25, 0.3) is 0 Å². The second-order valence-electron chi connectivity index (χ2n) is 4.00. The van der Waals surface area contributed by atoms with Gasteiger partial charge in [-0.3, -0.25) is 4.79 Å². The first-order chi connectivity index (χ1) is 5.70. The van der Waals surface area contributed by atoms with E-state index >= 15 is 0 Å². The predicted octanol–water partition coefficient (Wildman–Crippen LogP) is 3.10. The zero-order valence-electron chi connectivity index (χ0n) is 8.10. The van der Waals surface area contributed by atoms with Crippen LogP contribution in [0.1, 0.15) is 46.0 Å². The molecule has 0 aliphatic heterocycles. The Labute approximate surface area is 74.9 Å². The van der Waals surface area contributed by atoms with Gasteiger partial charge in [0.25, 0.3) is 0 Å².